The van der Waals surface area contributed by atoms with Crippen LogP contribution in [0.2, 0.25) is 0 Å². The highest BCUT2D eigenvalue weighted by Crippen LogP contribution is 2.42. The Hall–Kier alpha value is -1.03. The summed E-state index contributed by atoms with van der Waals surface area (Å²) < 4.78 is 11.5. The van der Waals surface area contributed by atoms with Gasteiger partial charge >= 0.3 is 0 Å². The molecule has 1 atom stereocenters. The quantitative estimate of drug-likeness (QED) is 0.781. The number of methoxy groups -OCH3 is 2. The van der Waals surface area contributed by atoms with Gasteiger partial charge in [0.05, 0.1) is 18.7 Å². The van der Waals surface area contributed by atoms with Crippen molar-refractivity contribution in [3.63, 3.8) is 0 Å². The summed E-state index contributed by atoms with van der Waals surface area (Å²) in [5.41, 5.74) is 2.11. The van der Waals surface area contributed by atoms with E-state index in [9.17, 15) is 4.79 Å². The molecule has 0 saturated carbocycles. The van der Waals surface area contributed by atoms with Crippen LogP contribution in [0.3, 0.4) is 0 Å². The maximum absolute atomic E-state index is 10.6. The maximum Gasteiger partial charge on any atom is 0.175 e. The molecule has 4 heteroatoms. The fourth-order valence-electron chi connectivity index (χ4n) is 1.94. The molecule has 0 aliphatic rings. The van der Waals surface area contributed by atoms with Crippen molar-refractivity contribution in [3.05, 3.63) is 21.7 Å². The molecule has 0 amide bonds. The van der Waals surface area contributed by atoms with Crippen LogP contribution >= 0.6 is 15.9 Å². The predicted molar refractivity (Wildman–Crippen MR) is 71.1 cm³/mol. The molecular weight excluding hydrogens is 284 g/mol. The van der Waals surface area contributed by atoms with Crippen LogP contribution in [0.1, 0.15) is 30.4 Å². The van der Waals surface area contributed by atoms with E-state index in [1.54, 1.807) is 14.2 Å². The summed E-state index contributed by atoms with van der Waals surface area (Å²) in [5, 5.41) is 0. The van der Waals surface area contributed by atoms with E-state index in [-0.39, 0.29) is 5.92 Å². The van der Waals surface area contributed by atoms with Gasteiger partial charge in [-0.25, -0.2) is 0 Å². The Morgan fingerprint density at radius 2 is 1.94 bits per heavy atom. The fourth-order valence-corrected chi connectivity index (χ4v) is 2.53. The number of carbonyl (C=O) groups excluding carboxylic acids is 1. The van der Waals surface area contributed by atoms with Crippen molar-refractivity contribution >= 4 is 22.2 Å². The first-order valence-corrected chi connectivity index (χ1v) is 6.20. The summed E-state index contributed by atoms with van der Waals surface area (Å²) in [6.45, 7) is 4.00. The van der Waals surface area contributed by atoms with Gasteiger partial charge in [-0.3, -0.25) is 0 Å². The predicted octanol–water partition coefficient (Wildman–Crippen LogP) is 3.47. The molecule has 1 aromatic rings. The first kappa shape index (κ1) is 14.0. The van der Waals surface area contributed by atoms with Gasteiger partial charge in [0.25, 0.3) is 0 Å². The lowest BCUT2D eigenvalue weighted by Crippen LogP contribution is -2.02. The summed E-state index contributed by atoms with van der Waals surface area (Å²) in [6.07, 6.45) is 1.44. The lowest BCUT2D eigenvalue weighted by molar-refractivity contribution is -0.108. The molecule has 0 aliphatic heterocycles. The standard InChI is InChI=1S/C13H17BrO3/c1-8(5-6-15)10-7-11(14)13(17-4)12(16-3)9(10)2/h6-8H,5H2,1-4H3. The van der Waals surface area contributed by atoms with E-state index in [4.69, 9.17) is 9.47 Å². The lowest BCUT2D eigenvalue weighted by Gasteiger charge is -2.19. The first-order chi connectivity index (χ1) is 8.06. The number of aldehydes is 1. The Labute approximate surface area is 110 Å². The first-order valence-electron chi connectivity index (χ1n) is 5.41. The number of hydrogen-bond donors (Lipinski definition) is 0. The van der Waals surface area contributed by atoms with Gasteiger partial charge in [-0.1, -0.05) is 6.92 Å². The molecule has 0 radical (unpaired) electrons. The summed E-state index contributed by atoms with van der Waals surface area (Å²) >= 11 is 3.46. The van der Waals surface area contributed by atoms with E-state index >= 15 is 0 Å². The van der Waals surface area contributed by atoms with Gasteiger partial charge in [-0.2, -0.15) is 0 Å². The third-order valence-electron chi connectivity index (χ3n) is 2.87. The zero-order valence-electron chi connectivity index (χ0n) is 10.5. The van der Waals surface area contributed by atoms with Crippen molar-refractivity contribution in [1.82, 2.24) is 0 Å². The van der Waals surface area contributed by atoms with E-state index in [1.165, 1.54) is 0 Å². The summed E-state index contributed by atoms with van der Waals surface area (Å²) in [7, 11) is 3.22. The number of ether oxygens (including phenoxy) is 2. The van der Waals surface area contributed by atoms with Crippen molar-refractivity contribution < 1.29 is 14.3 Å². The molecule has 0 saturated heterocycles. The average molecular weight is 301 g/mol. The Morgan fingerprint density at radius 3 is 2.41 bits per heavy atom. The number of benzene rings is 1. The van der Waals surface area contributed by atoms with E-state index in [0.717, 1.165) is 27.6 Å². The minimum Gasteiger partial charge on any atom is -0.493 e. The maximum atomic E-state index is 10.6. The van der Waals surface area contributed by atoms with Crippen LogP contribution in [-0.4, -0.2) is 20.5 Å². The van der Waals surface area contributed by atoms with Crippen LogP contribution in [0.25, 0.3) is 0 Å². The molecule has 0 bridgehead atoms. The van der Waals surface area contributed by atoms with E-state index in [0.29, 0.717) is 12.2 Å². The molecule has 94 valence electrons. The Morgan fingerprint density at radius 1 is 1.35 bits per heavy atom. The molecule has 0 fully saturated rings. The SMILES string of the molecule is COc1c(Br)cc(C(C)CC=O)c(C)c1OC. The average Bonchev–Trinajstić information content (AvgIpc) is 2.31. The summed E-state index contributed by atoms with van der Waals surface area (Å²) in [5.74, 6) is 1.57. The lowest BCUT2D eigenvalue weighted by atomic mass is 9.93. The molecule has 1 unspecified atom stereocenters. The van der Waals surface area contributed by atoms with E-state index in [2.05, 4.69) is 15.9 Å². The van der Waals surface area contributed by atoms with Gasteiger partial charge in [0, 0.05) is 6.42 Å². The highest BCUT2D eigenvalue weighted by Gasteiger charge is 2.18. The smallest absolute Gasteiger partial charge is 0.175 e. The summed E-state index contributed by atoms with van der Waals surface area (Å²) in [6, 6.07) is 1.99. The number of rotatable bonds is 5. The normalized spacial score (nSPS) is 12.1. The number of carbonyl (C=O) groups is 1. The van der Waals surface area contributed by atoms with Crippen LogP contribution in [0.5, 0.6) is 11.5 Å². The number of hydrogen-bond acceptors (Lipinski definition) is 3. The molecule has 1 aromatic carbocycles. The minimum atomic E-state index is 0.170. The van der Waals surface area contributed by atoms with Crippen molar-refractivity contribution in [2.24, 2.45) is 0 Å². The summed E-state index contributed by atoms with van der Waals surface area (Å²) in [4.78, 5) is 10.6. The topological polar surface area (TPSA) is 35.5 Å². The van der Waals surface area contributed by atoms with Gasteiger partial charge in [-0.05, 0) is 46.0 Å². The largest absolute Gasteiger partial charge is 0.493 e. The third-order valence-corrected chi connectivity index (χ3v) is 3.46. The second kappa shape index (κ2) is 6.05. The zero-order chi connectivity index (χ0) is 13.0. The Balaban J connectivity index is 3.34. The molecule has 17 heavy (non-hydrogen) atoms. The van der Waals surface area contributed by atoms with Crippen LogP contribution in [0.4, 0.5) is 0 Å². The Bertz CT molecular complexity index is 416. The third kappa shape index (κ3) is 2.80. The molecule has 0 aromatic heterocycles. The monoisotopic (exact) mass is 300 g/mol. The van der Waals surface area contributed by atoms with Crippen molar-refractivity contribution in [2.75, 3.05) is 14.2 Å². The van der Waals surface area contributed by atoms with Crippen LogP contribution in [0, 0.1) is 6.92 Å². The molecule has 0 aliphatic carbocycles. The Kier molecular flexibility index (Phi) is 5.00. The van der Waals surface area contributed by atoms with E-state index in [1.807, 2.05) is 19.9 Å². The van der Waals surface area contributed by atoms with Gasteiger partial charge in [-0.15, -0.1) is 0 Å². The van der Waals surface area contributed by atoms with Crippen LogP contribution < -0.4 is 9.47 Å². The highest BCUT2D eigenvalue weighted by molar-refractivity contribution is 9.10. The molecule has 0 heterocycles. The fraction of sp³-hybridized carbons (Fsp3) is 0.462. The van der Waals surface area contributed by atoms with Crippen molar-refractivity contribution in [3.8, 4) is 11.5 Å². The number of halogens is 1. The second-order valence-corrected chi connectivity index (χ2v) is 4.80. The van der Waals surface area contributed by atoms with Crippen molar-refractivity contribution in [2.45, 2.75) is 26.2 Å². The zero-order valence-corrected chi connectivity index (χ0v) is 12.1. The molecule has 3 nitrogen and oxygen atoms in total. The van der Waals surface area contributed by atoms with Crippen LogP contribution in [-0.2, 0) is 4.79 Å². The van der Waals surface area contributed by atoms with Gasteiger partial charge in [0.1, 0.15) is 6.29 Å². The van der Waals surface area contributed by atoms with Gasteiger partial charge < -0.3 is 14.3 Å². The van der Waals surface area contributed by atoms with Crippen molar-refractivity contribution in [1.29, 1.82) is 0 Å². The van der Waals surface area contributed by atoms with Gasteiger partial charge in [0.15, 0.2) is 11.5 Å². The molecule has 0 spiro atoms. The second-order valence-electron chi connectivity index (χ2n) is 3.94. The van der Waals surface area contributed by atoms with Gasteiger partial charge in [0.2, 0.25) is 0 Å². The van der Waals surface area contributed by atoms with Crippen LogP contribution in [0.15, 0.2) is 10.5 Å². The molecule has 1 rings (SSSR count). The minimum absolute atomic E-state index is 0.170. The highest BCUT2D eigenvalue weighted by atomic mass is 79.9. The van der Waals surface area contributed by atoms with E-state index < -0.39 is 0 Å². The molecular formula is C13H17BrO3. The molecule has 0 N–H and O–H groups in total.